The maximum Gasteiger partial charge on any atom is 0.0946 e. The van der Waals surface area contributed by atoms with Gasteiger partial charge < -0.3 is 10.3 Å². The van der Waals surface area contributed by atoms with E-state index in [1.54, 1.807) is 6.20 Å². The van der Waals surface area contributed by atoms with Crippen molar-refractivity contribution in [3.63, 3.8) is 0 Å². The summed E-state index contributed by atoms with van der Waals surface area (Å²) in [5.41, 5.74) is 5.68. The fourth-order valence-electron chi connectivity index (χ4n) is 1.74. The maximum atomic E-state index is 7.27. The van der Waals surface area contributed by atoms with Crippen LogP contribution in [0.25, 0.3) is 0 Å². The van der Waals surface area contributed by atoms with E-state index >= 15 is 0 Å². The summed E-state index contributed by atoms with van der Waals surface area (Å²) in [6.45, 7) is 0.951. The number of hydrogen-bond acceptors (Lipinski definition) is 2. The van der Waals surface area contributed by atoms with Gasteiger partial charge in [0, 0.05) is 25.4 Å². The zero-order valence-electron chi connectivity index (χ0n) is 7.53. The Kier molecular flexibility index (Phi) is 1.83. The number of rotatable bonds is 4. The predicted octanol–water partition coefficient (Wildman–Crippen LogP) is 0.989. The van der Waals surface area contributed by atoms with Gasteiger partial charge in [-0.1, -0.05) is 0 Å². The Hall–Kier alpha value is -1.32. The molecule has 0 aliphatic heterocycles. The summed E-state index contributed by atoms with van der Waals surface area (Å²) in [5.74, 6) is 0.303. The van der Waals surface area contributed by atoms with Crippen LogP contribution in [0.3, 0.4) is 0 Å². The first-order valence-electron chi connectivity index (χ1n) is 4.49. The van der Waals surface area contributed by atoms with E-state index in [9.17, 15) is 0 Å². The highest BCUT2D eigenvalue weighted by Crippen LogP contribution is 2.49. The van der Waals surface area contributed by atoms with Gasteiger partial charge in [-0.2, -0.15) is 0 Å². The second-order valence-electron chi connectivity index (χ2n) is 3.94. The van der Waals surface area contributed by atoms with E-state index in [4.69, 9.17) is 11.1 Å². The molecule has 0 saturated heterocycles. The Labute approximate surface area is 77.3 Å². The van der Waals surface area contributed by atoms with Crippen molar-refractivity contribution >= 4 is 5.84 Å². The Morgan fingerprint density at radius 3 is 2.85 bits per heavy atom. The first-order valence-corrected chi connectivity index (χ1v) is 4.49. The van der Waals surface area contributed by atoms with E-state index in [1.807, 2.05) is 12.5 Å². The fraction of sp³-hybridized carbons (Fsp3) is 0.556. The average molecular weight is 178 g/mol. The molecule has 0 radical (unpaired) electrons. The topological polar surface area (TPSA) is 67.7 Å². The first-order chi connectivity index (χ1) is 6.20. The molecule has 0 atom stereocenters. The molecule has 4 nitrogen and oxygen atoms in total. The van der Waals surface area contributed by atoms with E-state index in [0.717, 1.165) is 13.0 Å². The molecule has 1 aromatic rings. The second-order valence-corrected chi connectivity index (χ2v) is 3.94. The lowest BCUT2D eigenvalue weighted by Gasteiger charge is -2.14. The van der Waals surface area contributed by atoms with Crippen LogP contribution in [0, 0.1) is 10.8 Å². The number of amidine groups is 1. The van der Waals surface area contributed by atoms with Crippen LogP contribution in [0.5, 0.6) is 0 Å². The zero-order chi connectivity index (χ0) is 9.31. The van der Waals surface area contributed by atoms with E-state index < -0.39 is 0 Å². The van der Waals surface area contributed by atoms with Crippen LogP contribution in [0.2, 0.25) is 0 Å². The summed E-state index contributed by atoms with van der Waals surface area (Å²) < 4.78 is 2.07. The Morgan fingerprint density at radius 2 is 2.38 bits per heavy atom. The molecule has 13 heavy (non-hydrogen) atoms. The van der Waals surface area contributed by atoms with Crippen molar-refractivity contribution in [2.24, 2.45) is 11.1 Å². The Morgan fingerprint density at radius 1 is 1.62 bits per heavy atom. The lowest BCUT2D eigenvalue weighted by molar-refractivity contribution is 0.436. The van der Waals surface area contributed by atoms with Crippen molar-refractivity contribution in [2.75, 3.05) is 0 Å². The van der Waals surface area contributed by atoms with Crippen LogP contribution in [-0.4, -0.2) is 15.4 Å². The fourth-order valence-corrected chi connectivity index (χ4v) is 1.74. The molecule has 1 fully saturated rings. The average Bonchev–Trinajstić information content (AvgIpc) is 2.61. The SMILES string of the molecule is N=C(N)CC1(Cn2ccnc2)CC1. The number of nitrogens with two attached hydrogens (primary N) is 1. The number of hydrogen-bond donors (Lipinski definition) is 2. The molecular formula is C9H14N4. The largest absolute Gasteiger partial charge is 0.388 e. The van der Waals surface area contributed by atoms with Crippen molar-refractivity contribution in [3.8, 4) is 0 Å². The predicted molar refractivity (Wildman–Crippen MR) is 50.4 cm³/mol. The molecule has 0 aromatic carbocycles. The number of nitrogens with one attached hydrogen (secondary N) is 1. The summed E-state index contributed by atoms with van der Waals surface area (Å²) in [7, 11) is 0. The summed E-state index contributed by atoms with van der Waals surface area (Å²) in [5, 5.41) is 7.27. The minimum atomic E-state index is 0.270. The number of aromatic nitrogens is 2. The molecule has 2 rings (SSSR count). The number of nitrogens with zero attached hydrogens (tertiary/aromatic N) is 2. The quantitative estimate of drug-likeness (QED) is 0.533. The van der Waals surface area contributed by atoms with Crippen LogP contribution in [0.15, 0.2) is 18.7 Å². The van der Waals surface area contributed by atoms with Gasteiger partial charge in [0.1, 0.15) is 0 Å². The molecule has 0 unspecified atom stereocenters. The molecule has 1 saturated carbocycles. The third-order valence-electron chi connectivity index (χ3n) is 2.60. The van der Waals surface area contributed by atoms with E-state index in [2.05, 4.69) is 9.55 Å². The van der Waals surface area contributed by atoms with E-state index in [-0.39, 0.29) is 5.41 Å². The summed E-state index contributed by atoms with van der Waals surface area (Å²) in [6, 6.07) is 0. The van der Waals surface area contributed by atoms with Crippen LogP contribution in [-0.2, 0) is 6.54 Å². The van der Waals surface area contributed by atoms with Crippen LogP contribution < -0.4 is 5.73 Å². The van der Waals surface area contributed by atoms with Gasteiger partial charge in [-0.3, -0.25) is 5.41 Å². The van der Waals surface area contributed by atoms with Crippen LogP contribution in [0.4, 0.5) is 0 Å². The number of imidazole rings is 1. The first kappa shape index (κ1) is 8.29. The van der Waals surface area contributed by atoms with Gasteiger partial charge in [0.15, 0.2) is 0 Å². The molecular weight excluding hydrogens is 164 g/mol. The van der Waals surface area contributed by atoms with Gasteiger partial charge in [-0.25, -0.2) is 4.98 Å². The lowest BCUT2D eigenvalue weighted by Crippen LogP contribution is -2.20. The van der Waals surface area contributed by atoms with Gasteiger partial charge >= 0.3 is 0 Å². The minimum Gasteiger partial charge on any atom is -0.388 e. The third-order valence-corrected chi connectivity index (χ3v) is 2.60. The third kappa shape index (κ3) is 1.88. The maximum absolute atomic E-state index is 7.27. The highest BCUT2D eigenvalue weighted by atomic mass is 15.0. The molecule has 1 aliphatic rings. The highest BCUT2D eigenvalue weighted by Gasteiger charge is 2.43. The summed E-state index contributed by atoms with van der Waals surface area (Å²) in [4.78, 5) is 3.99. The van der Waals surface area contributed by atoms with Crippen molar-refractivity contribution in [1.29, 1.82) is 5.41 Å². The van der Waals surface area contributed by atoms with Gasteiger partial charge in [0.2, 0.25) is 0 Å². The van der Waals surface area contributed by atoms with Gasteiger partial charge in [-0.05, 0) is 18.3 Å². The summed E-state index contributed by atoms with van der Waals surface area (Å²) in [6.07, 6.45) is 8.66. The minimum absolute atomic E-state index is 0.270. The molecule has 0 bridgehead atoms. The smallest absolute Gasteiger partial charge is 0.0946 e. The van der Waals surface area contributed by atoms with E-state index in [0.29, 0.717) is 5.84 Å². The lowest BCUT2D eigenvalue weighted by atomic mass is 10.0. The monoisotopic (exact) mass is 178 g/mol. The summed E-state index contributed by atoms with van der Waals surface area (Å²) >= 11 is 0. The molecule has 1 heterocycles. The van der Waals surface area contributed by atoms with Gasteiger partial charge in [0.05, 0.1) is 12.2 Å². The molecule has 1 aromatic heterocycles. The molecule has 0 spiro atoms. The standard InChI is InChI=1S/C9H14N4/c10-8(11)5-9(1-2-9)6-13-4-3-12-7-13/h3-4,7H,1-2,5-6H2,(H3,10,11). The van der Waals surface area contributed by atoms with E-state index in [1.165, 1.54) is 12.8 Å². The second kappa shape index (κ2) is 2.87. The van der Waals surface area contributed by atoms with Crippen molar-refractivity contribution in [3.05, 3.63) is 18.7 Å². The zero-order valence-corrected chi connectivity index (χ0v) is 7.53. The van der Waals surface area contributed by atoms with Crippen LogP contribution in [0.1, 0.15) is 19.3 Å². The Bertz CT molecular complexity index is 297. The van der Waals surface area contributed by atoms with Crippen molar-refractivity contribution in [1.82, 2.24) is 9.55 Å². The normalized spacial score (nSPS) is 18.5. The highest BCUT2D eigenvalue weighted by molar-refractivity contribution is 5.78. The molecule has 3 N–H and O–H groups in total. The molecule has 1 aliphatic carbocycles. The Balaban J connectivity index is 1.98. The van der Waals surface area contributed by atoms with Crippen LogP contribution >= 0.6 is 0 Å². The molecule has 0 amide bonds. The molecule has 4 heteroatoms. The molecule has 70 valence electrons. The van der Waals surface area contributed by atoms with Crippen molar-refractivity contribution in [2.45, 2.75) is 25.8 Å². The van der Waals surface area contributed by atoms with Crippen molar-refractivity contribution < 1.29 is 0 Å². The van der Waals surface area contributed by atoms with Gasteiger partial charge in [0.25, 0.3) is 0 Å². The van der Waals surface area contributed by atoms with Gasteiger partial charge in [-0.15, -0.1) is 0 Å².